The fourth-order valence-electron chi connectivity index (χ4n) is 9.28. The molecule has 4 heterocycles. The van der Waals surface area contributed by atoms with Crippen LogP contribution in [0.1, 0.15) is 170 Å². The van der Waals surface area contributed by atoms with Crippen molar-refractivity contribution in [3.63, 3.8) is 0 Å². The molecule has 66 heavy (non-hydrogen) atoms. The maximum atomic E-state index is 6.10. The summed E-state index contributed by atoms with van der Waals surface area (Å²) in [5, 5.41) is 0. The van der Waals surface area contributed by atoms with Gasteiger partial charge in [-0.1, -0.05) is 52.0 Å². The summed E-state index contributed by atoms with van der Waals surface area (Å²) in [4.78, 5) is 0. The molecule has 8 heteroatoms. The van der Waals surface area contributed by atoms with Crippen molar-refractivity contribution in [3.8, 4) is 46.0 Å². The average Bonchev–Trinajstić information content (AvgIpc) is 3.97. The van der Waals surface area contributed by atoms with Gasteiger partial charge >= 0.3 is 0 Å². The Kier molecular flexibility index (Phi) is 12.7. The smallest absolute Gasteiger partial charge is 0.129 e. The van der Waals surface area contributed by atoms with Crippen molar-refractivity contribution >= 4 is 0 Å². The van der Waals surface area contributed by atoms with Gasteiger partial charge in [0.25, 0.3) is 0 Å². The van der Waals surface area contributed by atoms with Crippen molar-refractivity contribution < 1.29 is 37.9 Å². The molecule has 8 nitrogen and oxygen atoms in total. The molecule has 0 amide bonds. The highest BCUT2D eigenvalue weighted by Crippen LogP contribution is 2.60. The van der Waals surface area contributed by atoms with Gasteiger partial charge in [-0.05, 0) is 170 Å². The van der Waals surface area contributed by atoms with Crippen molar-refractivity contribution in [2.45, 2.75) is 194 Å². The van der Waals surface area contributed by atoms with Gasteiger partial charge < -0.3 is 37.9 Å². The van der Waals surface area contributed by atoms with Crippen LogP contribution in [0.5, 0.6) is 46.0 Å². The van der Waals surface area contributed by atoms with Crippen LogP contribution < -0.4 is 37.9 Å². The highest BCUT2D eigenvalue weighted by Gasteiger charge is 2.54. The van der Waals surface area contributed by atoms with Crippen molar-refractivity contribution in [3.05, 3.63) is 94.0 Å². The number of hydrogen-bond donors (Lipinski definition) is 0. The van der Waals surface area contributed by atoms with Crippen LogP contribution in [0.15, 0.2) is 60.7 Å². The molecule has 0 unspecified atom stereocenters. The summed E-state index contributed by atoms with van der Waals surface area (Å²) in [6, 6.07) is 20.5. The van der Waals surface area contributed by atoms with E-state index in [0.29, 0.717) is 0 Å². The summed E-state index contributed by atoms with van der Waals surface area (Å²) in [6.07, 6.45) is 4.96. The molecule has 0 atom stereocenters. The highest BCUT2D eigenvalue weighted by atomic mass is 16.5. The molecule has 360 valence electrons. The molecule has 0 radical (unpaired) electrons. The van der Waals surface area contributed by atoms with Crippen LogP contribution in [0.4, 0.5) is 0 Å². The molecule has 2 fully saturated rings. The van der Waals surface area contributed by atoms with Crippen LogP contribution in [-0.4, -0.2) is 48.8 Å². The van der Waals surface area contributed by atoms with Crippen molar-refractivity contribution in [1.82, 2.24) is 0 Å². The Balaban J connectivity index is 0.000000131. The summed E-state index contributed by atoms with van der Waals surface area (Å²) in [6.45, 7) is 41.1. The standard InChI is InChI=1S/C15H20O2.C15H22O2.C14H18O2.C14H20O2/c1-10-5-6-11(17-14(2,3)4)12-13(10)16-9-15(12)7-8-15;1-10-7-8-11(17-14(2,3)4)12-13(10)16-9-15(12,5)6;1-13(2,3)16-11-6-4-5-10-12(11)14(7-8-14)9-15-10;1-13(2,3)16-11-8-6-7-10-12(11)14(4,5)9-15-10/h5-6H,7-9H2,1-4H3;7-8H,9H2,1-6H3;4-6H,7-9H2,1-3H3;6-8H,9H2,1-5H3. The van der Waals surface area contributed by atoms with E-state index < -0.39 is 0 Å². The summed E-state index contributed by atoms with van der Waals surface area (Å²) in [7, 11) is 0. The first kappa shape index (κ1) is 49.2. The number of hydrogen-bond acceptors (Lipinski definition) is 8. The summed E-state index contributed by atoms with van der Waals surface area (Å²) in [5.41, 5.74) is 7.45. The Hall–Kier alpha value is -4.72. The second-order valence-corrected chi connectivity index (χ2v) is 24.8. The molecule has 0 aromatic heterocycles. The van der Waals surface area contributed by atoms with Gasteiger partial charge in [0.2, 0.25) is 0 Å². The van der Waals surface area contributed by atoms with E-state index in [4.69, 9.17) is 37.9 Å². The Bertz CT molecular complexity index is 2260. The zero-order valence-electron chi connectivity index (χ0n) is 43.7. The third-order valence-electron chi connectivity index (χ3n) is 12.6. The lowest BCUT2D eigenvalue weighted by atomic mass is 9.85. The van der Waals surface area contributed by atoms with Gasteiger partial charge in [0, 0.05) is 43.9 Å². The van der Waals surface area contributed by atoms with Crippen LogP contribution in [-0.2, 0) is 21.7 Å². The van der Waals surface area contributed by atoms with Crippen LogP contribution in [0, 0.1) is 13.8 Å². The fraction of sp³-hybridized carbons (Fsp3) is 0.586. The predicted octanol–water partition coefficient (Wildman–Crippen LogP) is 14.3. The van der Waals surface area contributed by atoms with E-state index in [1.165, 1.54) is 59.1 Å². The minimum Gasteiger partial charge on any atom is -0.492 e. The van der Waals surface area contributed by atoms with Crippen molar-refractivity contribution in [2.75, 3.05) is 26.4 Å². The van der Waals surface area contributed by atoms with E-state index in [0.717, 1.165) is 72.4 Å². The molecule has 0 bridgehead atoms. The maximum Gasteiger partial charge on any atom is 0.129 e. The largest absolute Gasteiger partial charge is 0.492 e. The Morgan fingerprint density at radius 2 is 0.712 bits per heavy atom. The molecule has 10 rings (SSSR count). The Morgan fingerprint density at radius 1 is 0.379 bits per heavy atom. The first-order valence-electron chi connectivity index (χ1n) is 24.2. The SMILES string of the molecule is CC(C)(C)Oc1cccc2c1C(C)(C)CO2.CC(C)(C)Oc1cccc2c1C1(CC1)CO2.Cc1ccc(OC(C)(C)C)c2c1OCC2(C)C.Cc1ccc(OC(C)(C)C)c2c1OCC21CC1. The summed E-state index contributed by atoms with van der Waals surface area (Å²) < 4.78 is 47.3. The molecule has 0 saturated heterocycles. The lowest BCUT2D eigenvalue weighted by Crippen LogP contribution is -2.26. The monoisotopic (exact) mass is 905 g/mol. The quantitative estimate of drug-likeness (QED) is 0.201. The molecule has 4 aromatic rings. The molecule has 4 aromatic carbocycles. The van der Waals surface area contributed by atoms with Gasteiger partial charge in [-0.3, -0.25) is 0 Å². The second kappa shape index (κ2) is 17.1. The van der Waals surface area contributed by atoms with E-state index in [1.54, 1.807) is 0 Å². The second-order valence-electron chi connectivity index (χ2n) is 24.8. The van der Waals surface area contributed by atoms with Gasteiger partial charge in [0.1, 0.15) is 68.4 Å². The van der Waals surface area contributed by atoms with Crippen LogP contribution in [0.25, 0.3) is 0 Å². The minimum atomic E-state index is -0.179. The molecule has 2 aliphatic carbocycles. The molecule has 0 N–H and O–H groups in total. The Labute approximate surface area is 397 Å². The van der Waals surface area contributed by atoms with E-state index >= 15 is 0 Å². The predicted molar refractivity (Wildman–Crippen MR) is 267 cm³/mol. The molecular formula is C58H80O8. The third-order valence-corrected chi connectivity index (χ3v) is 12.6. The molecule has 4 aliphatic heterocycles. The van der Waals surface area contributed by atoms with E-state index in [-0.39, 0.29) is 44.1 Å². The number of aryl methyl sites for hydroxylation is 2. The van der Waals surface area contributed by atoms with Crippen LogP contribution in [0.2, 0.25) is 0 Å². The van der Waals surface area contributed by atoms with Gasteiger partial charge in [0.05, 0.1) is 26.4 Å². The van der Waals surface area contributed by atoms with Gasteiger partial charge in [-0.25, -0.2) is 0 Å². The first-order valence-corrected chi connectivity index (χ1v) is 24.2. The van der Waals surface area contributed by atoms with Crippen LogP contribution >= 0.6 is 0 Å². The summed E-state index contributed by atoms with van der Waals surface area (Å²) >= 11 is 0. The number of fused-ring (bicyclic) bond motifs is 6. The number of rotatable bonds is 4. The van der Waals surface area contributed by atoms with Gasteiger partial charge in [0.15, 0.2) is 0 Å². The van der Waals surface area contributed by atoms with Gasteiger partial charge in [-0.2, -0.15) is 0 Å². The summed E-state index contributed by atoms with van der Waals surface area (Å²) in [5.74, 6) is 8.02. The highest BCUT2D eigenvalue weighted by molar-refractivity contribution is 5.60. The van der Waals surface area contributed by atoms with Crippen LogP contribution in [0.3, 0.4) is 0 Å². The molecular weight excluding hydrogens is 825 g/mol. The molecule has 6 aliphatic rings. The number of ether oxygens (including phenoxy) is 8. The normalized spacial score (nSPS) is 18.9. The average molecular weight is 905 g/mol. The minimum absolute atomic E-state index is 0.0297. The molecule has 2 saturated carbocycles. The maximum absolute atomic E-state index is 6.10. The van der Waals surface area contributed by atoms with E-state index in [2.05, 4.69) is 161 Å². The lowest BCUT2D eigenvalue weighted by molar-refractivity contribution is 0.127. The fourth-order valence-corrected chi connectivity index (χ4v) is 9.28. The zero-order chi connectivity index (χ0) is 48.5. The molecule has 2 spiro atoms. The number of benzene rings is 4. The van der Waals surface area contributed by atoms with E-state index in [9.17, 15) is 0 Å². The topological polar surface area (TPSA) is 73.8 Å². The van der Waals surface area contributed by atoms with Crippen molar-refractivity contribution in [2.24, 2.45) is 0 Å². The lowest BCUT2D eigenvalue weighted by Gasteiger charge is -2.26. The first-order chi connectivity index (χ1) is 30.4. The van der Waals surface area contributed by atoms with Crippen molar-refractivity contribution in [1.29, 1.82) is 0 Å². The zero-order valence-corrected chi connectivity index (χ0v) is 43.7. The third kappa shape index (κ3) is 11.0. The van der Waals surface area contributed by atoms with E-state index in [1.807, 2.05) is 24.3 Å². The Morgan fingerprint density at radius 3 is 1.18 bits per heavy atom. The van der Waals surface area contributed by atoms with Gasteiger partial charge in [-0.15, -0.1) is 0 Å².